The average Bonchev–Trinajstić information content (AvgIpc) is 3.61. The van der Waals surface area contributed by atoms with E-state index in [9.17, 15) is 32.3 Å². The Bertz CT molecular complexity index is 2060. The molecule has 1 saturated heterocycles. The molecular weight excluding hydrogens is 710 g/mol. The van der Waals surface area contributed by atoms with Crippen molar-refractivity contribution in [3.63, 3.8) is 0 Å². The normalized spacial score (nSPS) is 27.1. The van der Waals surface area contributed by atoms with Crippen LogP contribution < -0.4 is 15.0 Å². The molecule has 4 heterocycles. The molecule has 4 fully saturated rings. The summed E-state index contributed by atoms with van der Waals surface area (Å²) in [6.45, 7) is 3.26. The average molecular weight is 752 g/mol. The van der Waals surface area contributed by atoms with Crippen LogP contribution in [0.1, 0.15) is 80.4 Å². The minimum absolute atomic E-state index is 0.00767. The van der Waals surface area contributed by atoms with Gasteiger partial charge in [-0.15, -0.1) is 0 Å². The third kappa shape index (κ3) is 6.62. The third-order valence-corrected chi connectivity index (χ3v) is 11.8. The molecule has 8 rings (SSSR count). The number of rotatable bonds is 9. The lowest BCUT2D eigenvalue weighted by Crippen LogP contribution is -2.57. The molecular formula is C38H41F4N7O5. The minimum Gasteiger partial charge on any atom is -0.490 e. The number of halogens is 4. The van der Waals surface area contributed by atoms with Crippen molar-refractivity contribution in [3.05, 3.63) is 60.1 Å². The number of hydrogen-bond donors (Lipinski definition) is 2. The van der Waals surface area contributed by atoms with Crippen LogP contribution >= 0.6 is 0 Å². The van der Waals surface area contributed by atoms with Crippen molar-refractivity contribution in [2.24, 2.45) is 17.8 Å². The van der Waals surface area contributed by atoms with Gasteiger partial charge in [0.15, 0.2) is 17.3 Å². The van der Waals surface area contributed by atoms with Gasteiger partial charge in [-0.25, -0.2) is 29.1 Å². The number of amides is 1. The van der Waals surface area contributed by atoms with E-state index < -0.39 is 40.7 Å². The number of carbonyl (C=O) groups excluding carboxylic acids is 1. The van der Waals surface area contributed by atoms with Gasteiger partial charge in [-0.3, -0.25) is 4.79 Å². The first-order valence-corrected chi connectivity index (χ1v) is 18.4. The number of hydrogen-bond acceptors (Lipinski definition) is 9. The summed E-state index contributed by atoms with van der Waals surface area (Å²) in [5.41, 5.74) is -2.83. The number of benzene rings is 1. The van der Waals surface area contributed by atoms with Crippen LogP contribution in [0.2, 0.25) is 0 Å². The Labute approximate surface area is 308 Å². The summed E-state index contributed by atoms with van der Waals surface area (Å²) in [6.07, 6.45) is 4.68. The number of alkyl halides is 3. The number of fused-ring (bicyclic) bond motifs is 3. The number of piperidine rings is 1. The number of anilines is 1. The summed E-state index contributed by atoms with van der Waals surface area (Å²) in [7, 11) is 1.64. The maximum Gasteiger partial charge on any atom is 0.434 e. The van der Waals surface area contributed by atoms with Crippen LogP contribution in [-0.4, -0.2) is 79.4 Å². The van der Waals surface area contributed by atoms with E-state index in [4.69, 9.17) is 9.47 Å². The zero-order valence-electron chi connectivity index (χ0n) is 29.9. The Morgan fingerprint density at radius 1 is 1.00 bits per heavy atom. The largest absolute Gasteiger partial charge is 0.490 e. The van der Waals surface area contributed by atoms with E-state index in [0.29, 0.717) is 74.3 Å². The Morgan fingerprint density at radius 3 is 2.43 bits per heavy atom. The number of nitrogens with one attached hydrogen (secondary N) is 1. The van der Waals surface area contributed by atoms with Crippen molar-refractivity contribution in [3.8, 4) is 17.1 Å². The van der Waals surface area contributed by atoms with E-state index in [0.717, 1.165) is 30.5 Å². The van der Waals surface area contributed by atoms with Crippen LogP contribution in [0.4, 0.5) is 23.5 Å². The number of nitrogens with zero attached hydrogens (tertiary/aromatic N) is 6. The highest BCUT2D eigenvalue weighted by Crippen LogP contribution is 2.51. The van der Waals surface area contributed by atoms with Crippen molar-refractivity contribution in [1.82, 2.24) is 29.8 Å². The lowest BCUT2D eigenvalue weighted by molar-refractivity contribution is -0.146. The fraction of sp³-hybridized carbons (Fsp3) is 0.526. The molecule has 54 heavy (non-hydrogen) atoms. The van der Waals surface area contributed by atoms with Crippen molar-refractivity contribution in [2.75, 3.05) is 25.1 Å². The van der Waals surface area contributed by atoms with Gasteiger partial charge in [-0.05, 0) is 68.4 Å². The van der Waals surface area contributed by atoms with Crippen molar-refractivity contribution < 1.29 is 41.7 Å². The second-order valence-electron chi connectivity index (χ2n) is 15.4. The second kappa shape index (κ2) is 13.8. The van der Waals surface area contributed by atoms with E-state index >= 15 is 0 Å². The third-order valence-electron chi connectivity index (χ3n) is 11.8. The lowest BCUT2D eigenvalue weighted by Gasteiger charge is -2.35. The van der Waals surface area contributed by atoms with Gasteiger partial charge in [0.2, 0.25) is 5.95 Å². The van der Waals surface area contributed by atoms with Gasteiger partial charge < -0.3 is 29.4 Å². The molecule has 3 saturated carbocycles. The van der Waals surface area contributed by atoms with Gasteiger partial charge >= 0.3 is 12.1 Å². The van der Waals surface area contributed by atoms with E-state index in [-0.39, 0.29) is 48.2 Å². The Hall–Kier alpha value is -4.86. The van der Waals surface area contributed by atoms with E-state index in [2.05, 4.69) is 25.3 Å². The van der Waals surface area contributed by atoms with Crippen LogP contribution in [0.3, 0.4) is 0 Å². The molecule has 286 valence electrons. The molecule has 4 aliphatic rings. The van der Waals surface area contributed by atoms with Crippen LogP contribution in [0.15, 0.2) is 43.0 Å². The Morgan fingerprint density at radius 2 is 1.74 bits per heavy atom. The number of ether oxygens (including phenoxy) is 2. The quantitative estimate of drug-likeness (QED) is 0.183. The molecule has 4 atom stereocenters. The van der Waals surface area contributed by atoms with E-state index in [1.807, 2.05) is 22.5 Å². The predicted octanol–water partition coefficient (Wildman–Crippen LogP) is 6.45. The zero-order chi connectivity index (χ0) is 37.9. The fourth-order valence-electron chi connectivity index (χ4n) is 9.15. The van der Waals surface area contributed by atoms with Gasteiger partial charge in [0, 0.05) is 68.5 Å². The number of aliphatic carboxylic acids is 1. The SMILES string of the molecule is COC1CC(n2cc(-c3ncc(C(=O)NC4(C(=O)O)CC5CC(C)CC4C5)c(C(F)(F)F)n3)c3ccc(OC4CCN(c5ncc(F)cn5)CC4)cc32)C1. The molecule has 16 heteroatoms. The van der Waals surface area contributed by atoms with Gasteiger partial charge in [-0.2, -0.15) is 13.2 Å². The van der Waals surface area contributed by atoms with E-state index in [1.165, 1.54) is 0 Å². The van der Waals surface area contributed by atoms with Crippen LogP contribution in [-0.2, 0) is 15.7 Å². The second-order valence-corrected chi connectivity index (χ2v) is 15.4. The highest BCUT2D eigenvalue weighted by Gasteiger charge is 2.56. The van der Waals surface area contributed by atoms with Gasteiger partial charge in [-0.1, -0.05) is 6.92 Å². The summed E-state index contributed by atoms with van der Waals surface area (Å²) < 4.78 is 71.3. The first kappa shape index (κ1) is 36.1. The maximum atomic E-state index is 14.7. The lowest BCUT2D eigenvalue weighted by atomic mass is 9.78. The summed E-state index contributed by atoms with van der Waals surface area (Å²) in [6, 6.07) is 5.41. The smallest absolute Gasteiger partial charge is 0.434 e. The fourth-order valence-corrected chi connectivity index (χ4v) is 9.15. The number of carbonyl (C=O) groups is 2. The van der Waals surface area contributed by atoms with Crippen LogP contribution in [0.5, 0.6) is 5.75 Å². The molecule has 3 aliphatic carbocycles. The zero-order valence-corrected chi connectivity index (χ0v) is 29.9. The molecule has 3 aromatic heterocycles. The first-order chi connectivity index (χ1) is 25.8. The standard InChI is InChI=1S/C38H41F4N7O5/c1-20-9-21-11-22(10-20)37(15-21,35(51)52)47-34(50)29-18-43-33(46-32(29)38(40,41)42)30-19-49(24-12-27(13-24)53-2)31-14-26(3-4-28(30)31)54-25-5-7-48(8-6-25)36-44-16-23(39)17-45-36/h3-4,14,16-22,24-25,27H,5-13,15H2,1-2H3,(H,47,50)(H,51,52). The summed E-state index contributed by atoms with van der Waals surface area (Å²) in [5.74, 6) is -2.11. The summed E-state index contributed by atoms with van der Waals surface area (Å²) in [4.78, 5) is 44.6. The Kier molecular flexibility index (Phi) is 9.21. The first-order valence-electron chi connectivity index (χ1n) is 18.4. The summed E-state index contributed by atoms with van der Waals surface area (Å²) in [5, 5.41) is 13.4. The molecule has 2 N–H and O–H groups in total. The van der Waals surface area contributed by atoms with Crippen molar-refractivity contribution in [2.45, 2.75) is 88.3 Å². The highest BCUT2D eigenvalue weighted by atomic mass is 19.4. The van der Waals surface area contributed by atoms with E-state index in [1.54, 1.807) is 25.4 Å². The van der Waals surface area contributed by atoms with Gasteiger partial charge in [0.25, 0.3) is 5.91 Å². The molecule has 4 unspecified atom stereocenters. The van der Waals surface area contributed by atoms with Crippen molar-refractivity contribution >= 4 is 28.7 Å². The molecule has 0 spiro atoms. The molecule has 2 bridgehead atoms. The van der Waals surface area contributed by atoms with Crippen molar-refractivity contribution in [1.29, 1.82) is 0 Å². The van der Waals surface area contributed by atoms with Crippen LogP contribution in [0.25, 0.3) is 22.3 Å². The number of carboxylic acid groups (broad SMARTS) is 1. The highest BCUT2D eigenvalue weighted by molar-refractivity contribution is 6.00. The number of methoxy groups -OCH3 is 1. The number of carboxylic acids is 1. The molecule has 4 aromatic rings. The van der Waals surface area contributed by atoms with Gasteiger partial charge in [0.05, 0.1) is 29.6 Å². The molecule has 1 amide bonds. The maximum absolute atomic E-state index is 14.7. The minimum atomic E-state index is -5.03. The van der Waals surface area contributed by atoms with Gasteiger partial charge in [0.1, 0.15) is 17.4 Å². The molecule has 0 radical (unpaired) electrons. The molecule has 1 aromatic carbocycles. The topological polar surface area (TPSA) is 145 Å². The monoisotopic (exact) mass is 751 g/mol. The number of aromatic nitrogens is 5. The molecule has 12 nitrogen and oxygen atoms in total. The predicted molar refractivity (Wildman–Crippen MR) is 187 cm³/mol. The molecule has 1 aliphatic heterocycles. The van der Waals surface area contributed by atoms with Crippen LogP contribution in [0, 0.1) is 23.6 Å². The summed E-state index contributed by atoms with van der Waals surface area (Å²) >= 11 is 0. The Balaban J connectivity index is 1.08.